The van der Waals surface area contributed by atoms with Crippen molar-refractivity contribution in [1.82, 2.24) is 0 Å². The lowest BCUT2D eigenvalue weighted by Crippen LogP contribution is -2.44. The van der Waals surface area contributed by atoms with Gasteiger partial charge in [-0.05, 0) is 25.0 Å². The Hall–Kier alpha value is -1.06. The van der Waals surface area contributed by atoms with Gasteiger partial charge in [0, 0.05) is 11.5 Å². The van der Waals surface area contributed by atoms with E-state index in [1.54, 1.807) is 0 Å². The van der Waals surface area contributed by atoms with E-state index in [1.165, 1.54) is 5.56 Å². The van der Waals surface area contributed by atoms with Gasteiger partial charge in [-0.1, -0.05) is 25.1 Å². The summed E-state index contributed by atoms with van der Waals surface area (Å²) in [5.74, 6) is 0.956. The van der Waals surface area contributed by atoms with E-state index in [0.717, 1.165) is 25.4 Å². The first-order chi connectivity index (χ1) is 8.09. The van der Waals surface area contributed by atoms with Crippen LogP contribution in [-0.2, 0) is 11.2 Å². The lowest BCUT2D eigenvalue weighted by atomic mass is 9.90. The molecule has 1 unspecified atom stereocenters. The van der Waals surface area contributed by atoms with Crippen LogP contribution >= 0.6 is 0 Å². The molecule has 0 bridgehead atoms. The van der Waals surface area contributed by atoms with Gasteiger partial charge in [-0.3, -0.25) is 0 Å². The molecule has 1 saturated heterocycles. The minimum absolute atomic E-state index is 0.155. The normalized spacial score (nSPS) is 19.5. The molecule has 0 amide bonds. The standard InChI is InChI=1S/C14H21NO2/c1-11(15)7-12-5-3-4-6-13(12)17-10-14(2)8-16-9-14/h3-6,11H,7-10,15H2,1-2H3. The highest BCUT2D eigenvalue weighted by Gasteiger charge is 2.34. The van der Waals surface area contributed by atoms with Gasteiger partial charge in [0.25, 0.3) is 0 Å². The third-order valence-electron chi connectivity index (χ3n) is 2.99. The Morgan fingerprint density at radius 1 is 1.41 bits per heavy atom. The maximum Gasteiger partial charge on any atom is 0.122 e. The molecular weight excluding hydrogens is 214 g/mol. The fraction of sp³-hybridized carbons (Fsp3) is 0.571. The molecule has 1 fully saturated rings. The number of ether oxygens (including phenoxy) is 2. The zero-order valence-electron chi connectivity index (χ0n) is 10.6. The summed E-state index contributed by atoms with van der Waals surface area (Å²) in [5, 5.41) is 0. The van der Waals surface area contributed by atoms with Gasteiger partial charge in [0.15, 0.2) is 0 Å². The molecule has 17 heavy (non-hydrogen) atoms. The van der Waals surface area contributed by atoms with Crippen molar-refractivity contribution in [3.05, 3.63) is 29.8 Å². The van der Waals surface area contributed by atoms with Crippen molar-refractivity contribution < 1.29 is 9.47 Å². The summed E-state index contributed by atoms with van der Waals surface area (Å²) in [7, 11) is 0. The summed E-state index contributed by atoms with van der Waals surface area (Å²) in [6.07, 6.45) is 0.851. The maximum absolute atomic E-state index is 5.91. The third-order valence-corrected chi connectivity index (χ3v) is 2.99. The number of hydrogen-bond donors (Lipinski definition) is 1. The SMILES string of the molecule is CC(N)Cc1ccccc1OCC1(C)COC1. The van der Waals surface area contributed by atoms with Crippen molar-refractivity contribution in [1.29, 1.82) is 0 Å². The van der Waals surface area contributed by atoms with Crippen LogP contribution in [0, 0.1) is 5.41 Å². The summed E-state index contributed by atoms with van der Waals surface area (Å²) in [4.78, 5) is 0. The van der Waals surface area contributed by atoms with Gasteiger partial charge in [0.05, 0.1) is 19.8 Å². The second kappa shape index (κ2) is 5.07. The Kier molecular flexibility index (Phi) is 3.69. The molecule has 1 atom stereocenters. The molecule has 3 nitrogen and oxygen atoms in total. The predicted octanol–water partition coefficient (Wildman–Crippen LogP) is 1.99. The van der Waals surface area contributed by atoms with E-state index in [-0.39, 0.29) is 11.5 Å². The molecule has 0 aromatic heterocycles. The summed E-state index contributed by atoms with van der Waals surface area (Å²) in [6.45, 7) is 6.50. The van der Waals surface area contributed by atoms with Crippen molar-refractivity contribution in [3.63, 3.8) is 0 Å². The first-order valence-electron chi connectivity index (χ1n) is 6.13. The molecule has 2 rings (SSSR count). The van der Waals surface area contributed by atoms with Crippen molar-refractivity contribution in [2.24, 2.45) is 11.1 Å². The monoisotopic (exact) mass is 235 g/mol. The Bertz CT molecular complexity index is 372. The molecule has 1 aliphatic heterocycles. The van der Waals surface area contributed by atoms with Crippen LogP contribution in [0.2, 0.25) is 0 Å². The summed E-state index contributed by atoms with van der Waals surface area (Å²) >= 11 is 0. The number of benzene rings is 1. The van der Waals surface area contributed by atoms with Crippen molar-refractivity contribution in [2.75, 3.05) is 19.8 Å². The summed E-state index contributed by atoms with van der Waals surface area (Å²) in [5.41, 5.74) is 7.21. The van der Waals surface area contributed by atoms with Crippen LogP contribution in [0.15, 0.2) is 24.3 Å². The number of nitrogens with two attached hydrogens (primary N) is 1. The average molecular weight is 235 g/mol. The number of para-hydroxylation sites is 1. The fourth-order valence-corrected chi connectivity index (χ4v) is 1.95. The largest absolute Gasteiger partial charge is 0.493 e. The molecule has 2 N–H and O–H groups in total. The van der Waals surface area contributed by atoms with Crippen LogP contribution in [0.5, 0.6) is 5.75 Å². The zero-order valence-corrected chi connectivity index (χ0v) is 10.6. The molecule has 0 aliphatic carbocycles. The lowest BCUT2D eigenvalue weighted by Gasteiger charge is -2.37. The first-order valence-corrected chi connectivity index (χ1v) is 6.13. The molecule has 1 aliphatic rings. The zero-order chi connectivity index (χ0) is 12.3. The van der Waals surface area contributed by atoms with E-state index in [2.05, 4.69) is 13.0 Å². The van der Waals surface area contributed by atoms with E-state index < -0.39 is 0 Å². The highest BCUT2D eigenvalue weighted by atomic mass is 16.5. The van der Waals surface area contributed by atoms with Gasteiger partial charge in [-0.25, -0.2) is 0 Å². The van der Waals surface area contributed by atoms with Crippen LogP contribution in [0.25, 0.3) is 0 Å². The minimum atomic E-state index is 0.155. The van der Waals surface area contributed by atoms with Crippen LogP contribution in [-0.4, -0.2) is 25.9 Å². The van der Waals surface area contributed by atoms with Gasteiger partial charge in [0.2, 0.25) is 0 Å². The van der Waals surface area contributed by atoms with Gasteiger partial charge < -0.3 is 15.2 Å². The topological polar surface area (TPSA) is 44.5 Å². The number of hydrogen-bond acceptors (Lipinski definition) is 3. The molecule has 0 radical (unpaired) electrons. The molecule has 1 aromatic carbocycles. The average Bonchev–Trinajstić information content (AvgIpc) is 2.25. The maximum atomic E-state index is 5.91. The van der Waals surface area contributed by atoms with Gasteiger partial charge in [-0.2, -0.15) is 0 Å². The number of rotatable bonds is 5. The lowest BCUT2D eigenvalue weighted by molar-refractivity contribution is -0.120. The van der Waals surface area contributed by atoms with Gasteiger partial charge in [0.1, 0.15) is 5.75 Å². The Morgan fingerprint density at radius 2 is 2.12 bits per heavy atom. The first kappa shape index (κ1) is 12.4. The van der Waals surface area contributed by atoms with Crippen LogP contribution in [0.1, 0.15) is 19.4 Å². The molecule has 1 aromatic rings. The van der Waals surface area contributed by atoms with Gasteiger partial charge in [-0.15, -0.1) is 0 Å². The molecule has 3 heteroatoms. The van der Waals surface area contributed by atoms with E-state index in [1.807, 2.05) is 25.1 Å². The molecule has 0 saturated carbocycles. The minimum Gasteiger partial charge on any atom is -0.493 e. The van der Waals surface area contributed by atoms with Crippen LogP contribution in [0.4, 0.5) is 0 Å². The van der Waals surface area contributed by atoms with Crippen LogP contribution in [0.3, 0.4) is 0 Å². The summed E-state index contributed by atoms with van der Waals surface area (Å²) < 4.78 is 11.1. The summed E-state index contributed by atoms with van der Waals surface area (Å²) in [6, 6.07) is 8.28. The van der Waals surface area contributed by atoms with E-state index >= 15 is 0 Å². The van der Waals surface area contributed by atoms with Gasteiger partial charge >= 0.3 is 0 Å². The third kappa shape index (κ3) is 3.20. The van der Waals surface area contributed by atoms with Crippen molar-refractivity contribution >= 4 is 0 Å². The molecule has 0 spiro atoms. The van der Waals surface area contributed by atoms with E-state index in [4.69, 9.17) is 15.2 Å². The fourth-order valence-electron chi connectivity index (χ4n) is 1.95. The second-order valence-corrected chi connectivity index (χ2v) is 5.38. The van der Waals surface area contributed by atoms with Crippen LogP contribution < -0.4 is 10.5 Å². The highest BCUT2D eigenvalue weighted by Crippen LogP contribution is 2.28. The highest BCUT2D eigenvalue weighted by molar-refractivity contribution is 5.34. The van der Waals surface area contributed by atoms with E-state index in [9.17, 15) is 0 Å². The Morgan fingerprint density at radius 3 is 2.71 bits per heavy atom. The Balaban J connectivity index is 1.99. The van der Waals surface area contributed by atoms with E-state index in [0.29, 0.717) is 6.61 Å². The predicted molar refractivity (Wildman–Crippen MR) is 68.2 cm³/mol. The van der Waals surface area contributed by atoms with Crippen molar-refractivity contribution in [3.8, 4) is 5.75 Å². The second-order valence-electron chi connectivity index (χ2n) is 5.38. The smallest absolute Gasteiger partial charge is 0.122 e. The quantitative estimate of drug-likeness (QED) is 0.849. The molecule has 94 valence electrons. The molecule has 1 heterocycles. The van der Waals surface area contributed by atoms with Crippen molar-refractivity contribution in [2.45, 2.75) is 26.3 Å². The molecular formula is C14H21NO2. The Labute approximate surface area is 103 Å².